The van der Waals surface area contributed by atoms with E-state index in [1.807, 2.05) is 0 Å². The molecule has 0 radical (unpaired) electrons. The number of fused-ring (bicyclic) bond motifs is 3. The molecule has 4 rings (SSSR count). The number of hydrogen-bond donors (Lipinski definition) is 0. The summed E-state index contributed by atoms with van der Waals surface area (Å²) < 4.78 is 76.5. The van der Waals surface area contributed by atoms with Crippen molar-refractivity contribution < 1.29 is 36.0 Å². The van der Waals surface area contributed by atoms with Gasteiger partial charge in [0.05, 0.1) is 7.11 Å². The zero-order valence-corrected chi connectivity index (χ0v) is 17.6. The molecule has 0 aromatic heterocycles. The molecule has 0 fully saturated rings. The molecule has 0 bridgehead atoms. The maximum absolute atomic E-state index is 14.4. The molecular formula is C21H16F3NO6S. The van der Waals surface area contributed by atoms with E-state index in [-0.39, 0.29) is 22.8 Å². The van der Waals surface area contributed by atoms with Gasteiger partial charge >= 0.3 is 0 Å². The van der Waals surface area contributed by atoms with E-state index in [1.165, 1.54) is 25.3 Å². The molecule has 11 heteroatoms. The highest BCUT2D eigenvalue weighted by atomic mass is 32.2. The van der Waals surface area contributed by atoms with Crippen molar-refractivity contribution in [2.45, 2.75) is 23.5 Å². The summed E-state index contributed by atoms with van der Waals surface area (Å²) in [7, 11) is -2.32. The van der Waals surface area contributed by atoms with E-state index in [1.54, 1.807) is 6.07 Å². The number of nitrogens with zero attached hydrogens (tertiary/aromatic N) is 1. The molecule has 32 heavy (non-hydrogen) atoms. The van der Waals surface area contributed by atoms with Crippen molar-refractivity contribution in [2.24, 2.45) is 0 Å². The molecule has 7 nitrogen and oxygen atoms in total. The highest BCUT2D eigenvalue weighted by Gasteiger charge is 2.42. The van der Waals surface area contributed by atoms with Crippen molar-refractivity contribution in [3.8, 4) is 11.5 Å². The molecule has 1 heterocycles. The number of sulfone groups is 1. The second-order valence-corrected chi connectivity index (χ2v) is 9.41. The van der Waals surface area contributed by atoms with Gasteiger partial charge in [-0.1, -0.05) is 6.07 Å². The normalized spacial score (nSPS) is 18.2. The van der Waals surface area contributed by atoms with Gasteiger partial charge in [-0.2, -0.15) is 0 Å². The van der Waals surface area contributed by atoms with E-state index in [0.717, 1.165) is 6.26 Å². The second-order valence-electron chi connectivity index (χ2n) is 7.42. The zero-order chi connectivity index (χ0) is 23.4. The van der Waals surface area contributed by atoms with E-state index in [2.05, 4.69) is 0 Å². The van der Waals surface area contributed by atoms with Gasteiger partial charge in [-0.25, -0.2) is 21.6 Å². The first-order chi connectivity index (χ1) is 15.0. The van der Waals surface area contributed by atoms with Gasteiger partial charge in [0.15, 0.2) is 27.6 Å². The van der Waals surface area contributed by atoms with Crippen molar-refractivity contribution in [2.75, 3.05) is 13.4 Å². The molecule has 3 aromatic carbocycles. The summed E-state index contributed by atoms with van der Waals surface area (Å²) in [6.45, 7) is 0. The Kier molecular flexibility index (Phi) is 5.24. The highest BCUT2D eigenvalue weighted by Crippen LogP contribution is 2.42. The summed E-state index contributed by atoms with van der Waals surface area (Å²) in [5.74, 6) is -3.70. The predicted octanol–water partition coefficient (Wildman–Crippen LogP) is 3.99. The summed E-state index contributed by atoms with van der Waals surface area (Å²) in [5, 5.41) is 12.7. The molecule has 1 aliphatic rings. The van der Waals surface area contributed by atoms with Gasteiger partial charge in [-0.15, -0.1) is 0 Å². The largest absolute Gasteiger partial charge is 0.495 e. The summed E-state index contributed by atoms with van der Waals surface area (Å²) in [5.41, 5.74) is -0.0804. The van der Waals surface area contributed by atoms with Gasteiger partial charge in [0.25, 0.3) is 6.04 Å². The minimum atomic E-state index is -3.61. The Morgan fingerprint density at radius 2 is 1.78 bits per heavy atom. The minimum absolute atomic E-state index is 0.0447. The van der Waals surface area contributed by atoms with Crippen LogP contribution in [0.4, 0.5) is 13.2 Å². The second kappa shape index (κ2) is 7.66. The van der Waals surface area contributed by atoms with Crippen LogP contribution < -0.4 is 9.47 Å². The van der Waals surface area contributed by atoms with Crippen LogP contribution in [-0.4, -0.2) is 32.7 Å². The fourth-order valence-electron chi connectivity index (χ4n) is 3.89. The monoisotopic (exact) mass is 467 g/mol. The van der Waals surface area contributed by atoms with Crippen LogP contribution in [0, 0.1) is 27.6 Å². The summed E-state index contributed by atoms with van der Waals surface area (Å²) >= 11 is 0. The van der Waals surface area contributed by atoms with E-state index in [4.69, 9.17) is 9.47 Å². The topological polar surface area (TPSA) is 95.7 Å². The molecule has 2 unspecified atom stereocenters. The molecule has 0 aliphatic carbocycles. The third kappa shape index (κ3) is 3.62. The molecule has 168 valence electrons. The molecule has 0 saturated heterocycles. The fraction of sp³-hybridized carbons (Fsp3) is 0.238. The summed E-state index contributed by atoms with van der Waals surface area (Å²) in [6, 6.07) is 5.23. The van der Waals surface area contributed by atoms with Crippen LogP contribution >= 0.6 is 0 Å². The Morgan fingerprint density at radius 1 is 1.09 bits per heavy atom. The Hall–Kier alpha value is -3.34. The first kappa shape index (κ1) is 21.9. The van der Waals surface area contributed by atoms with Crippen molar-refractivity contribution in [1.29, 1.82) is 0 Å². The lowest BCUT2D eigenvalue weighted by Crippen LogP contribution is -2.37. The standard InChI is InChI=1S/C21H16F3NO6S/c1-30-19-8-11-10(5-20(19)32(2,28)29)3-4-18-12(11)7-17(25(26)27)21(31-18)13-6-15(23)16(24)9-14(13)22/h3-6,8-9,17,21H,7H2,1-2H3. The van der Waals surface area contributed by atoms with Crippen LogP contribution in [0.1, 0.15) is 17.2 Å². The fourth-order valence-corrected chi connectivity index (χ4v) is 4.74. The van der Waals surface area contributed by atoms with E-state index < -0.39 is 49.9 Å². The predicted molar refractivity (Wildman–Crippen MR) is 108 cm³/mol. The van der Waals surface area contributed by atoms with Crippen molar-refractivity contribution in [3.63, 3.8) is 0 Å². The molecule has 0 saturated carbocycles. The van der Waals surface area contributed by atoms with Crippen LogP contribution in [0.3, 0.4) is 0 Å². The molecule has 0 spiro atoms. The zero-order valence-electron chi connectivity index (χ0n) is 16.8. The average molecular weight is 467 g/mol. The summed E-state index contributed by atoms with van der Waals surface area (Å²) in [6.07, 6.45) is -0.686. The summed E-state index contributed by atoms with van der Waals surface area (Å²) in [4.78, 5) is 11.1. The number of nitro groups is 1. The van der Waals surface area contributed by atoms with Gasteiger partial charge in [0, 0.05) is 34.8 Å². The van der Waals surface area contributed by atoms with E-state index >= 15 is 0 Å². The van der Waals surface area contributed by atoms with Crippen molar-refractivity contribution in [3.05, 3.63) is 75.1 Å². The van der Waals surface area contributed by atoms with Crippen LogP contribution in [0.5, 0.6) is 11.5 Å². The third-order valence-electron chi connectivity index (χ3n) is 5.41. The first-order valence-electron chi connectivity index (χ1n) is 9.29. The minimum Gasteiger partial charge on any atom is -0.495 e. The van der Waals surface area contributed by atoms with Crippen LogP contribution in [0.2, 0.25) is 0 Å². The molecule has 1 aliphatic heterocycles. The van der Waals surface area contributed by atoms with Crippen molar-refractivity contribution >= 4 is 20.6 Å². The van der Waals surface area contributed by atoms with Gasteiger partial charge in [0.2, 0.25) is 0 Å². The van der Waals surface area contributed by atoms with Gasteiger partial charge in [0.1, 0.15) is 22.2 Å². The van der Waals surface area contributed by atoms with Gasteiger partial charge < -0.3 is 9.47 Å². The number of rotatable bonds is 4. The van der Waals surface area contributed by atoms with Gasteiger partial charge in [-0.05, 0) is 35.0 Å². The highest BCUT2D eigenvalue weighted by molar-refractivity contribution is 7.90. The van der Waals surface area contributed by atoms with E-state index in [0.29, 0.717) is 28.5 Å². The first-order valence-corrected chi connectivity index (χ1v) is 11.2. The Labute approximate surface area is 180 Å². The number of benzene rings is 3. The van der Waals surface area contributed by atoms with Crippen molar-refractivity contribution in [1.82, 2.24) is 0 Å². The van der Waals surface area contributed by atoms with Crippen LogP contribution in [0.15, 0.2) is 41.3 Å². The lowest BCUT2D eigenvalue weighted by molar-refractivity contribution is -0.535. The maximum Gasteiger partial charge on any atom is 0.257 e. The Bertz CT molecular complexity index is 1380. The lowest BCUT2D eigenvalue weighted by atomic mass is 9.89. The van der Waals surface area contributed by atoms with Crippen LogP contribution in [0.25, 0.3) is 10.8 Å². The molecule has 3 aromatic rings. The van der Waals surface area contributed by atoms with Gasteiger partial charge in [-0.3, -0.25) is 10.1 Å². The number of ether oxygens (including phenoxy) is 2. The molecule has 0 amide bonds. The molecule has 0 N–H and O–H groups in total. The van der Waals surface area contributed by atoms with Crippen LogP contribution in [-0.2, 0) is 16.3 Å². The smallest absolute Gasteiger partial charge is 0.257 e. The number of hydrogen-bond acceptors (Lipinski definition) is 6. The molecular weight excluding hydrogens is 451 g/mol. The average Bonchev–Trinajstić information content (AvgIpc) is 2.73. The lowest BCUT2D eigenvalue weighted by Gasteiger charge is -2.30. The SMILES string of the molecule is COc1cc2c3c(ccc2cc1S(C)(=O)=O)OC(c1cc(F)c(F)cc1F)C([N+](=O)[O-])C3. The number of halogens is 3. The maximum atomic E-state index is 14.4. The molecule has 2 atom stereocenters. The quantitative estimate of drug-likeness (QED) is 0.327. The Balaban J connectivity index is 1.90. The number of methoxy groups -OCH3 is 1. The van der Waals surface area contributed by atoms with E-state index in [9.17, 15) is 31.7 Å². The third-order valence-corrected chi connectivity index (χ3v) is 6.52. The Morgan fingerprint density at radius 3 is 2.41 bits per heavy atom.